The molecule has 0 radical (unpaired) electrons. The maximum Gasteiger partial charge on any atom is 0.126 e. The first kappa shape index (κ1) is 10.3. The van der Waals surface area contributed by atoms with Gasteiger partial charge in [0.15, 0.2) is 0 Å². The van der Waals surface area contributed by atoms with E-state index in [9.17, 15) is 0 Å². The lowest BCUT2D eigenvalue weighted by Crippen LogP contribution is -1.97. The summed E-state index contributed by atoms with van der Waals surface area (Å²) in [6.45, 7) is 2.54. The van der Waals surface area contributed by atoms with Crippen LogP contribution >= 0.6 is 15.9 Å². The first-order chi connectivity index (χ1) is 6.34. The number of nitrogens with zero attached hydrogens (tertiary/aromatic N) is 1. The van der Waals surface area contributed by atoms with Gasteiger partial charge in [0.05, 0.1) is 5.71 Å². The minimum Gasteiger partial charge on any atom is -0.395 e. The molecule has 0 heterocycles. The molecule has 13 heavy (non-hydrogen) atoms. The van der Waals surface area contributed by atoms with E-state index in [-0.39, 0.29) is 0 Å². The highest BCUT2D eigenvalue weighted by atomic mass is 79.9. The summed E-state index contributed by atoms with van der Waals surface area (Å²) >= 11 is 3.26. The summed E-state index contributed by atoms with van der Waals surface area (Å²) in [5.41, 5.74) is 2.00. The summed E-state index contributed by atoms with van der Waals surface area (Å²) < 4.78 is 0. The maximum absolute atomic E-state index is 5.04. The fourth-order valence-electron chi connectivity index (χ4n) is 0.909. The van der Waals surface area contributed by atoms with Crippen molar-refractivity contribution in [3.63, 3.8) is 0 Å². The van der Waals surface area contributed by atoms with Crippen molar-refractivity contribution in [2.45, 2.75) is 6.92 Å². The van der Waals surface area contributed by atoms with E-state index < -0.39 is 0 Å². The molecule has 0 fully saturated rings. The Morgan fingerprint density at radius 3 is 2.69 bits per heavy atom. The molecule has 3 heteroatoms. The Morgan fingerprint density at radius 2 is 2.08 bits per heavy atom. The minimum atomic E-state index is 0.601. The van der Waals surface area contributed by atoms with Gasteiger partial charge in [0, 0.05) is 5.33 Å². The molecular formula is C10H12BrNO. The number of hydrogen-bond donors (Lipinski definition) is 0. The van der Waals surface area contributed by atoms with Crippen molar-refractivity contribution in [1.29, 1.82) is 0 Å². The molecule has 1 aromatic rings. The van der Waals surface area contributed by atoms with Crippen LogP contribution in [0.15, 0.2) is 35.5 Å². The first-order valence-electron chi connectivity index (χ1n) is 4.12. The fraction of sp³-hybridized carbons (Fsp3) is 0.300. The van der Waals surface area contributed by atoms with Gasteiger partial charge < -0.3 is 4.84 Å². The van der Waals surface area contributed by atoms with Crippen molar-refractivity contribution in [1.82, 2.24) is 0 Å². The lowest BCUT2D eigenvalue weighted by Gasteiger charge is -1.99. The van der Waals surface area contributed by atoms with E-state index in [1.165, 1.54) is 0 Å². The molecule has 0 bridgehead atoms. The quantitative estimate of drug-likeness (QED) is 0.344. The van der Waals surface area contributed by atoms with Crippen LogP contribution in [0.25, 0.3) is 0 Å². The molecular weight excluding hydrogens is 230 g/mol. The number of rotatable bonds is 4. The zero-order chi connectivity index (χ0) is 9.52. The van der Waals surface area contributed by atoms with Crippen molar-refractivity contribution in [3.05, 3.63) is 35.9 Å². The van der Waals surface area contributed by atoms with Gasteiger partial charge in [0.2, 0.25) is 0 Å². The molecule has 0 aliphatic carbocycles. The highest BCUT2D eigenvalue weighted by molar-refractivity contribution is 9.09. The Labute approximate surface area is 86.7 Å². The monoisotopic (exact) mass is 241 g/mol. The Morgan fingerprint density at radius 1 is 1.38 bits per heavy atom. The number of oxime groups is 1. The van der Waals surface area contributed by atoms with E-state index in [1.54, 1.807) is 0 Å². The van der Waals surface area contributed by atoms with Crippen molar-refractivity contribution in [2.24, 2.45) is 5.16 Å². The second-order valence-corrected chi connectivity index (χ2v) is 3.36. The second-order valence-electron chi connectivity index (χ2n) is 2.56. The van der Waals surface area contributed by atoms with Crippen LogP contribution in [0.3, 0.4) is 0 Å². The third kappa shape index (κ3) is 3.59. The first-order valence-corrected chi connectivity index (χ1v) is 5.24. The second kappa shape index (κ2) is 5.75. The van der Waals surface area contributed by atoms with Gasteiger partial charge in [-0.3, -0.25) is 0 Å². The molecule has 0 unspecified atom stereocenters. The zero-order valence-corrected chi connectivity index (χ0v) is 9.12. The van der Waals surface area contributed by atoms with Crippen molar-refractivity contribution >= 4 is 21.6 Å². The van der Waals surface area contributed by atoms with E-state index in [2.05, 4.69) is 21.1 Å². The molecule has 0 amide bonds. The summed E-state index contributed by atoms with van der Waals surface area (Å²) in [4.78, 5) is 5.04. The van der Waals surface area contributed by atoms with Gasteiger partial charge in [0.1, 0.15) is 6.61 Å². The van der Waals surface area contributed by atoms with Crippen LogP contribution in [0.5, 0.6) is 0 Å². The minimum absolute atomic E-state index is 0.601. The van der Waals surface area contributed by atoms with Gasteiger partial charge in [0.25, 0.3) is 0 Å². The maximum atomic E-state index is 5.04. The molecule has 2 nitrogen and oxygen atoms in total. The van der Waals surface area contributed by atoms with Crippen molar-refractivity contribution < 1.29 is 4.84 Å². The Bertz CT molecular complexity index is 272. The third-order valence-corrected chi connectivity index (χ3v) is 1.89. The number of alkyl halides is 1. The molecule has 70 valence electrons. The molecule has 0 aliphatic rings. The van der Waals surface area contributed by atoms with E-state index in [0.717, 1.165) is 16.6 Å². The highest BCUT2D eigenvalue weighted by Crippen LogP contribution is 2.00. The Kier molecular flexibility index (Phi) is 4.54. The van der Waals surface area contributed by atoms with Crippen LogP contribution in [-0.2, 0) is 4.84 Å². The lowest BCUT2D eigenvalue weighted by atomic mass is 10.1. The highest BCUT2D eigenvalue weighted by Gasteiger charge is 1.94. The molecule has 0 saturated heterocycles. The molecule has 1 aromatic carbocycles. The molecule has 0 N–H and O–H groups in total. The largest absolute Gasteiger partial charge is 0.395 e. The van der Waals surface area contributed by atoms with Crippen LogP contribution in [0.1, 0.15) is 12.5 Å². The third-order valence-electron chi connectivity index (χ3n) is 1.56. The van der Waals surface area contributed by atoms with Gasteiger partial charge in [-0.15, -0.1) is 0 Å². The number of hydrogen-bond acceptors (Lipinski definition) is 2. The van der Waals surface area contributed by atoms with Crippen LogP contribution in [-0.4, -0.2) is 17.6 Å². The molecule has 0 atom stereocenters. The van der Waals surface area contributed by atoms with Gasteiger partial charge in [-0.25, -0.2) is 0 Å². The van der Waals surface area contributed by atoms with Gasteiger partial charge >= 0.3 is 0 Å². The molecule has 1 rings (SSSR count). The summed E-state index contributed by atoms with van der Waals surface area (Å²) in [6.07, 6.45) is 0. The SMILES string of the molecule is C/C(=N\OCCBr)c1ccccc1. The van der Waals surface area contributed by atoms with Gasteiger partial charge in [-0.2, -0.15) is 0 Å². The average molecular weight is 242 g/mol. The standard InChI is InChI=1S/C10H12BrNO/c1-9(12-13-8-7-11)10-5-3-2-4-6-10/h2-6H,7-8H2,1H3/b12-9+. The molecule has 0 aromatic heterocycles. The van der Waals surface area contributed by atoms with Crippen LogP contribution in [0.2, 0.25) is 0 Å². The van der Waals surface area contributed by atoms with Crippen LogP contribution in [0, 0.1) is 0 Å². The molecule has 0 spiro atoms. The number of halogens is 1. The fourth-order valence-corrected chi connectivity index (χ4v) is 1.05. The zero-order valence-electron chi connectivity index (χ0n) is 7.53. The summed E-state index contributed by atoms with van der Waals surface area (Å²) in [5.74, 6) is 0. The van der Waals surface area contributed by atoms with Gasteiger partial charge in [-0.05, 0) is 12.5 Å². The predicted octanol–water partition coefficient (Wildman–Crippen LogP) is 2.82. The number of benzene rings is 1. The van der Waals surface area contributed by atoms with E-state index in [1.807, 2.05) is 37.3 Å². The summed E-state index contributed by atoms with van der Waals surface area (Å²) in [7, 11) is 0. The van der Waals surface area contributed by atoms with Gasteiger partial charge in [-0.1, -0.05) is 51.4 Å². The average Bonchev–Trinajstić information content (AvgIpc) is 2.19. The van der Waals surface area contributed by atoms with Crippen molar-refractivity contribution in [3.8, 4) is 0 Å². The predicted molar refractivity (Wildman–Crippen MR) is 58.4 cm³/mol. The Hall–Kier alpha value is -0.830. The van der Waals surface area contributed by atoms with E-state index in [0.29, 0.717) is 6.61 Å². The van der Waals surface area contributed by atoms with E-state index in [4.69, 9.17) is 4.84 Å². The van der Waals surface area contributed by atoms with Crippen LogP contribution < -0.4 is 0 Å². The Balaban J connectivity index is 2.57. The summed E-state index contributed by atoms with van der Waals surface area (Å²) in [6, 6.07) is 9.97. The molecule has 0 aliphatic heterocycles. The smallest absolute Gasteiger partial charge is 0.126 e. The topological polar surface area (TPSA) is 21.6 Å². The van der Waals surface area contributed by atoms with Crippen molar-refractivity contribution in [2.75, 3.05) is 11.9 Å². The molecule has 0 saturated carbocycles. The summed E-state index contributed by atoms with van der Waals surface area (Å²) in [5, 5.41) is 4.77. The van der Waals surface area contributed by atoms with Crippen LogP contribution in [0.4, 0.5) is 0 Å². The lowest BCUT2D eigenvalue weighted by molar-refractivity contribution is 0.162. The normalized spacial score (nSPS) is 11.4. The van der Waals surface area contributed by atoms with E-state index >= 15 is 0 Å².